The second-order valence-electron chi connectivity index (χ2n) is 4.22. The van der Waals surface area contributed by atoms with Gasteiger partial charge in [-0.05, 0) is 24.8 Å². The molecule has 0 saturated heterocycles. The Morgan fingerprint density at radius 3 is 2.89 bits per heavy atom. The molecular formula is C13H16N2O2S2. The number of aryl methyl sites for hydroxylation is 1. The Morgan fingerprint density at radius 1 is 1.42 bits per heavy atom. The molecule has 4 nitrogen and oxygen atoms in total. The Hall–Kier alpha value is -1.40. The lowest BCUT2D eigenvalue weighted by Gasteiger charge is -2.06. The topological polar surface area (TPSA) is 51.1 Å². The van der Waals surface area contributed by atoms with Crippen LogP contribution < -0.4 is 10.2 Å². The van der Waals surface area contributed by atoms with Gasteiger partial charge in [-0.25, -0.2) is 0 Å². The largest absolute Gasteiger partial charge is 0.356 e. The summed E-state index contributed by atoms with van der Waals surface area (Å²) in [6.07, 6.45) is 1.21. The minimum Gasteiger partial charge on any atom is -0.356 e. The number of thiazole rings is 1. The van der Waals surface area contributed by atoms with Gasteiger partial charge < -0.3 is 9.88 Å². The van der Waals surface area contributed by atoms with E-state index >= 15 is 0 Å². The molecule has 1 amide bonds. The number of nitrogens with one attached hydrogen (secondary N) is 1. The lowest BCUT2D eigenvalue weighted by atomic mass is 10.3. The fraction of sp³-hybridized carbons (Fsp3) is 0.385. The summed E-state index contributed by atoms with van der Waals surface area (Å²) in [7, 11) is 0. The monoisotopic (exact) mass is 296 g/mol. The first-order chi connectivity index (χ1) is 9.16. The summed E-state index contributed by atoms with van der Waals surface area (Å²) in [5.74, 6) is -0.00550. The molecule has 0 saturated carbocycles. The van der Waals surface area contributed by atoms with Crippen LogP contribution in [0.5, 0.6) is 0 Å². The second-order valence-corrected chi connectivity index (χ2v) is 6.08. The van der Waals surface area contributed by atoms with Crippen LogP contribution in [0, 0.1) is 6.92 Å². The number of hydrogen-bond donors (Lipinski definition) is 1. The maximum absolute atomic E-state index is 11.7. The van der Waals surface area contributed by atoms with Crippen LogP contribution in [0.4, 0.5) is 0 Å². The Kier molecular flexibility index (Phi) is 4.93. The number of carbonyl (C=O) groups excluding carboxylic acids is 1. The average Bonchev–Trinajstić information content (AvgIpc) is 2.99. The molecule has 0 unspecified atom stereocenters. The van der Waals surface area contributed by atoms with Gasteiger partial charge in [-0.15, -0.1) is 11.3 Å². The quantitative estimate of drug-likeness (QED) is 0.887. The molecule has 0 fully saturated rings. The van der Waals surface area contributed by atoms with Gasteiger partial charge in [0.25, 0.3) is 0 Å². The van der Waals surface area contributed by atoms with E-state index in [1.165, 1.54) is 16.2 Å². The van der Waals surface area contributed by atoms with Crippen LogP contribution in [0.1, 0.15) is 17.0 Å². The molecule has 102 valence electrons. The van der Waals surface area contributed by atoms with Gasteiger partial charge in [-0.3, -0.25) is 9.59 Å². The highest BCUT2D eigenvalue weighted by Gasteiger charge is 2.06. The maximum Gasteiger partial charge on any atom is 0.307 e. The van der Waals surface area contributed by atoms with Gasteiger partial charge in [0.15, 0.2) is 0 Å². The number of amides is 1. The van der Waals surface area contributed by atoms with E-state index < -0.39 is 0 Å². The molecule has 1 N–H and O–H groups in total. The van der Waals surface area contributed by atoms with Crippen molar-refractivity contribution >= 4 is 28.6 Å². The minimum absolute atomic E-state index is 0.00360. The van der Waals surface area contributed by atoms with Crippen molar-refractivity contribution in [3.8, 4) is 0 Å². The van der Waals surface area contributed by atoms with E-state index in [1.54, 1.807) is 15.9 Å². The van der Waals surface area contributed by atoms with Crippen LogP contribution in [0.15, 0.2) is 27.7 Å². The van der Waals surface area contributed by atoms with Gasteiger partial charge in [0.2, 0.25) is 5.91 Å². The molecule has 2 rings (SSSR count). The van der Waals surface area contributed by atoms with E-state index in [-0.39, 0.29) is 10.8 Å². The van der Waals surface area contributed by atoms with Crippen molar-refractivity contribution in [2.24, 2.45) is 0 Å². The number of nitrogens with zero attached hydrogens (tertiary/aromatic N) is 1. The van der Waals surface area contributed by atoms with Gasteiger partial charge in [-0.1, -0.05) is 17.4 Å². The minimum atomic E-state index is -0.00550. The highest BCUT2D eigenvalue weighted by atomic mass is 32.1. The molecule has 2 aromatic rings. The first-order valence-corrected chi connectivity index (χ1v) is 7.87. The van der Waals surface area contributed by atoms with Crippen LogP contribution in [0.2, 0.25) is 0 Å². The predicted octanol–water partition coefficient (Wildman–Crippen LogP) is 2.03. The zero-order chi connectivity index (χ0) is 13.7. The van der Waals surface area contributed by atoms with E-state index in [0.717, 1.165) is 12.1 Å². The smallest absolute Gasteiger partial charge is 0.307 e. The molecule has 0 bridgehead atoms. The van der Waals surface area contributed by atoms with E-state index in [1.807, 2.05) is 23.8 Å². The first-order valence-electron chi connectivity index (χ1n) is 6.11. The summed E-state index contributed by atoms with van der Waals surface area (Å²) in [4.78, 5) is 24.4. The summed E-state index contributed by atoms with van der Waals surface area (Å²) >= 11 is 2.87. The van der Waals surface area contributed by atoms with Crippen molar-refractivity contribution in [1.29, 1.82) is 0 Å². The molecule has 19 heavy (non-hydrogen) atoms. The average molecular weight is 296 g/mol. The van der Waals surface area contributed by atoms with Crippen molar-refractivity contribution in [1.82, 2.24) is 9.88 Å². The number of thiophene rings is 1. The molecular weight excluding hydrogens is 280 g/mol. The molecule has 0 radical (unpaired) electrons. The zero-order valence-electron chi connectivity index (χ0n) is 10.7. The predicted molar refractivity (Wildman–Crippen MR) is 79.0 cm³/mol. The number of aromatic nitrogens is 1. The van der Waals surface area contributed by atoms with Gasteiger partial charge in [0.05, 0.1) is 0 Å². The normalized spacial score (nSPS) is 10.6. The molecule has 0 aliphatic heterocycles. The standard InChI is InChI=1S/C13H16N2O2S2/c1-10-9-19-13(17)15(10)7-5-12(16)14-6-4-11-3-2-8-18-11/h2-3,8-9H,4-7H2,1H3,(H,14,16). The molecule has 2 heterocycles. The van der Waals surface area contributed by atoms with Crippen LogP contribution >= 0.6 is 22.7 Å². The third-order valence-electron chi connectivity index (χ3n) is 2.81. The van der Waals surface area contributed by atoms with Gasteiger partial charge in [0, 0.05) is 35.5 Å². The summed E-state index contributed by atoms with van der Waals surface area (Å²) < 4.78 is 1.64. The SMILES string of the molecule is Cc1csc(=O)n1CCC(=O)NCCc1cccs1. The fourth-order valence-corrected chi connectivity index (χ4v) is 3.23. The van der Waals surface area contributed by atoms with E-state index in [2.05, 4.69) is 11.4 Å². The molecule has 0 spiro atoms. The first kappa shape index (κ1) is 14.0. The molecule has 6 heteroatoms. The second kappa shape index (κ2) is 6.68. The summed E-state index contributed by atoms with van der Waals surface area (Å²) in [6, 6.07) is 4.07. The highest BCUT2D eigenvalue weighted by molar-refractivity contribution is 7.09. The Bertz CT molecular complexity index is 584. The Morgan fingerprint density at radius 2 is 2.26 bits per heavy atom. The number of hydrogen-bond acceptors (Lipinski definition) is 4. The van der Waals surface area contributed by atoms with Gasteiger partial charge >= 0.3 is 4.87 Å². The van der Waals surface area contributed by atoms with Crippen molar-refractivity contribution in [3.63, 3.8) is 0 Å². The molecule has 0 aliphatic carbocycles. The van der Waals surface area contributed by atoms with Crippen molar-refractivity contribution in [3.05, 3.63) is 43.1 Å². The summed E-state index contributed by atoms with van der Waals surface area (Å²) in [5.41, 5.74) is 0.918. The fourth-order valence-electron chi connectivity index (χ4n) is 1.76. The lowest BCUT2D eigenvalue weighted by molar-refractivity contribution is -0.121. The lowest BCUT2D eigenvalue weighted by Crippen LogP contribution is -2.27. The molecule has 0 atom stereocenters. The van der Waals surface area contributed by atoms with Crippen molar-refractivity contribution < 1.29 is 4.79 Å². The summed E-state index contributed by atoms with van der Waals surface area (Å²) in [6.45, 7) is 2.99. The van der Waals surface area contributed by atoms with Crippen molar-refractivity contribution in [2.75, 3.05) is 6.54 Å². The van der Waals surface area contributed by atoms with E-state index in [0.29, 0.717) is 19.5 Å². The van der Waals surface area contributed by atoms with Crippen LogP contribution in [0.25, 0.3) is 0 Å². The Balaban J connectivity index is 1.72. The molecule has 2 aromatic heterocycles. The van der Waals surface area contributed by atoms with E-state index in [4.69, 9.17) is 0 Å². The maximum atomic E-state index is 11.7. The summed E-state index contributed by atoms with van der Waals surface area (Å²) in [5, 5.41) is 6.73. The van der Waals surface area contributed by atoms with Gasteiger partial charge in [-0.2, -0.15) is 0 Å². The highest BCUT2D eigenvalue weighted by Crippen LogP contribution is 2.08. The van der Waals surface area contributed by atoms with Crippen LogP contribution in [-0.4, -0.2) is 17.0 Å². The Labute approximate surface area is 119 Å². The van der Waals surface area contributed by atoms with Crippen LogP contribution in [0.3, 0.4) is 0 Å². The van der Waals surface area contributed by atoms with Crippen molar-refractivity contribution in [2.45, 2.75) is 26.3 Å². The third-order valence-corrected chi connectivity index (χ3v) is 4.63. The van der Waals surface area contributed by atoms with Crippen LogP contribution in [-0.2, 0) is 17.8 Å². The van der Waals surface area contributed by atoms with Gasteiger partial charge in [0.1, 0.15) is 0 Å². The number of rotatable bonds is 6. The molecule has 0 aliphatic rings. The number of carbonyl (C=O) groups is 1. The molecule has 0 aromatic carbocycles. The zero-order valence-corrected chi connectivity index (χ0v) is 12.4. The third kappa shape index (κ3) is 4.04. The van der Waals surface area contributed by atoms with E-state index in [9.17, 15) is 9.59 Å².